The van der Waals surface area contributed by atoms with Crippen molar-refractivity contribution in [2.45, 2.75) is 18.9 Å². The van der Waals surface area contributed by atoms with Gasteiger partial charge in [-0.15, -0.1) is 0 Å². The molecule has 0 aromatic heterocycles. The number of aromatic hydroxyl groups is 1. The Hall–Kier alpha value is -0.870. The van der Waals surface area contributed by atoms with E-state index in [4.69, 9.17) is 5.73 Å². The number of hydrogen-bond acceptors (Lipinski definition) is 4. The van der Waals surface area contributed by atoms with Crippen LogP contribution in [-0.4, -0.2) is 21.7 Å². The molecule has 2 atom stereocenters. The third-order valence-electron chi connectivity index (χ3n) is 3.03. The Bertz CT molecular complexity index is 364. The van der Waals surface area contributed by atoms with E-state index in [0.717, 1.165) is 24.2 Å². The Kier molecular flexibility index (Phi) is 3.61. The van der Waals surface area contributed by atoms with Crippen molar-refractivity contribution >= 4 is 17.4 Å². The second-order valence-electron chi connectivity index (χ2n) is 4.24. The third kappa shape index (κ3) is 2.44. The van der Waals surface area contributed by atoms with Gasteiger partial charge < -0.3 is 15.9 Å². The molecule has 4 N–H and O–H groups in total. The van der Waals surface area contributed by atoms with Crippen LogP contribution >= 0.6 is 11.8 Å². The number of aliphatic hydroxyl groups excluding tert-OH is 1. The van der Waals surface area contributed by atoms with Crippen molar-refractivity contribution in [1.82, 2.24) is 0 Å². The van der Waals surface area contributed by atoms with Gasteiger partial charge in [0, 0.05) is 17.3 Å². The van der Waals surface area contributed by atoms with E-state index in [-0.39, 0.29) is 11.7 Å². The number of nitrogens with two attached hydrogens (primary N) is 1. The molecule has 16 heavy (non-hydrogen) atoms. The normalized spacial score (nSPS) is 22.9. The van der Waals surface area contributed by atoms with Crippen LogP contribution in [0.4, 0.5) is 5.69 Å². The first-order valence-electron chi connectivity index (χ1n) is 5.52. The fourth-order valence-corrected chi connectivity index (χ4v) is 3.29. The molecule has 1 aliphatic heterocycles. The van der Waals surface area contributed by atoms with Crippen molar-refractivity contribution in [1.29, 1.82) is 0 Å². The van der Waals surface area contributed by atoms with Gasteiger partial charge in [0.2, 0.25) is 0 Å². The summed E-state index contributed by atoms with van der Waals surface area (Å²) >= 11 is 1.88. The minimum absolute atomic E-state index is 0.145. The molecule has 0 radical (unpaired) electrons. The SMILES string of the molecule is Nc1cc(O)ccc1C(O)C1CCCSC1. The van der Waals surface area contributed by atoms with Crippen LogP contribution in [-0.2, 0) is 0 Å². The molecule has 0 amide bonds. The Morgan fingerprint density at radius 3 is 2.88 bits per heavy atom. The molecule has 1 aliphatic rings. The largest absolute Gasteiger partial charge is 0.508 e. The predicted octanol–water partition coefficient (Wildman–Crippen LogP) is 2.15. The molecule has 1 heterocycles. The summed E-state index contributed by atoms with van der Waals surface area (Å²) in [7, 11) is 0. The number of thioether (sulfide) groups is 1. The second-order valence-corrected chi connectivity index (χ2v) is 5.39. The topological polar surface area (TPSA) is 66.5 Å². The quantitative estimate of drug-likeness (QED) is 0.692. The van der Waals surface area contributed by atoms with Crippen LogP contribution in [0.5, 0.6) is 5.75 Å². The lowest BCUT2D eigenvalue weighted by atomic mass is 9.92. The Morgan fingerprint density at radius 2 is 2.25 bits per heavy atom. The molecule has 2 unspecified atom stereocenters. The maximum absolute atomic E-state index is 10.2. The lowest BCUT2D eigenvalue weighted by molar-refractivity contribution is 0.114. The van der Waals surface area contributed by atoms with E-state index in [2.05, 4.69) is 0 Å². The molecule has 1 aromatic rings. The molecule has 0 bridgehead atoms. The summed E-state index contributed by atoms with van der Waals surface area (Å²) in [5, 5.41) is 19.5. The fraction of sp³-hybridized carbons (Fsp3) is 0.500. The summed E-state index contributed by atoms with van der Waals surface area (Å²) in [6.07, 6.45) is 1.70. The monoisotopic (exact) mass is 239 g/mol. The second kappa shape index (κ2) is 4.97. The van der Waals surface area contributed by atoms with E-state index in [1.165, 1.54) is 11.8 Å². The summed E-state index contributed by atoms with van der Waals surface area (Å²) in [4.78, 5) is 0. The zero-order chi connectivity index (χ0) is 11.5. The van der Waals surface area contributed by atoms with Crippen molar-refractivity contribution in [2.24, 2.45) is 5.92 Å². The van der Waals surface area contributed by atoms with Gasteiger partial charge in [-0.05, 0) is 36.3 Å². The van der Waals surface area contributed by atoms with E-state index < -0.39 is 6.10 Å². The van der Waals surface area contributed by atoms with Crippen LogP contribution in [0.3, 0.4) is 0 Å². The molecule has 88 valence electrons. The molecule has 0 saturated carbocycles. The Balaban J connectivity index is 2.15. The van der Waals surface area contributed by atoms with E-state index in [9.17, 15) is 10.2 Å². The van der Waals surface area contributed by atoms with Crippen molar-refractivity contribution < 1.29 is 10.2 Å². The van der Waals surface area contributed by atoms with Gasteiger partial charge in [0.05, 0.1) is 6.10 Å². The van der Waals surface area contributed by atoms with Crippen LogP contribution in [0.25, 0.3) is 0 Å². The average molecular weight is 239 g/mol. The van der Waals surface area contributed by atoms with Gasteiger partial charge in [-0.25, -0.2) is 0 Å². The van der Waals surface area contributed by atoms with E-state index >= 15 is 0 Å². The molecule has 1 fully saturated rings. The van der Waals surface area contributed by atoms with Gasteiger partial charge in [0.1, 0.15) is 5.75 Å². The maximum Gasteiger partial charge on any atom is 0.117 e. The van der Waals surface area contributed by atoms with Crippen LogP contribution < -0.4 is 5.73 Å². The molecule has 4 heteroatoms. The van der Waals surface area contributed by atoms with Crippen molar-refractivity contribution in [3.8, 4) is 5.75 Å². The summed E-state index contributed by atoms with van der Waals surface area (Å²) in [6, 6.07) is 4.79. The van der Waals surface area contributed by atoms with Crippen LogP contribution in [0.15, 0.2) is 18.2 Å². The highest BCUT2D eigenvalue weighted by atomic mass is 32.2. The number of anilines is 1. The summed E-state index contributed by atoms with van der Waals surface area (Å²) in [5.74, 6) is 2.60. The lowest BCUT2D eigenvalue weighted by Gasteiger charge is -2.27. The number of phenols is 1. The number of rotatable bonds is 2. The van der Waals surface area contributed by atoms with E-state index in [1.54, 1.807) is 12.1 Å². The molecule has 1 aromatic carbocycles. The fourth-order valence-electron chi connectivity index (χ4n) is 2.10. The van der Waals surface area contributed by atoms with Crippen LogP contribution in [0, 0.1) is 5.92 Å². The molecule has 0 spiro atoms. The van der Waals surface area contributed by atoms with Gasteiger partial charge in [0.15, 0.2) is 0 Å². The van der Waals surface area contributed by atoms with Gasteiger partial charge in [-0.3, -0.25) is 0 Å². The van der Waals surface area contributed by atoms with Gasteiger partial charge >= 0.3 is 0 Å². The first-order chi connectivity index (χ1) is 7.68. The minimum atomic E-state index is -0.506. The van der Waals surface area contributed by atoms with Gasteiger partial charge in [-0.1, -0.05) is 6.07 Å². The number of aliphatic hydroxyl groups is 1. The molecule has 3 nitrogen and oxygen atoms in total. The highest BCUT2D eigenvalue weighted by Crippen LogP contribution is 2.35. The lowest BCUT2D eigenvalue weighted by Crippen LogP contribution is -2.19. The zero-order valence-electron chi connectivity index (χ0n) is 9.10. The van der Waals surface area contributed by atoms with Gasteiger partial charge in [-0.2, -0.15) is 11.8 Å². The summed E-state index contributed by atoms with van der Waals surface area (Å²) in [5.41, 5.74) is 7.02. The van der Waals surface area contributed by atoms with Crippen LogP contribution in [0.2, 0.25) is 0 Å². The summed E-state index contributed by atoms with van der Waals surface area (Å²) in [6.45, 7) is 0. The molecular weight excluding hydrogens is 222 g/mol. The maximum atomic E-state index is 10.2. The standard InChI is InChI=1S/C12H17NO2S/c13-11-6-9(14)3-4-10(11)12(15)8-2-1-5-16-7-8/h3-4,6,8,12,14-15H,1-2,5,7,13H2. The van der Waals surface area contributed by atoms with E-state index in [0.29, 0.717) is 5.69 Å². The van der Waals surface area contributed by atoms with Crippen molar-refractivity contribution in [3.63, 3.8) is 0 Å². The first kappa shape index (κ1) is 11.6. The molecular formula is C12H17NO2S. The zero-order valence-corrected chi connectivity index (χ0v) is 9.91. The molecule has 1 saturated heterocycles. The number of benzene rings is 1. The summed E-state index contributed by atoms with van der Waals surface area (Å²) < 4.78 is 0. The van der Waals surface area contributed by atoms with Crippen molar-refractivity contribution in [3.05, 3.63) is 23.8 Å². The Morgan fingerprint density at radius 1 is 1.44 bits per heavy atom. The predicted molar refractivity (Wildman–Crippen MR) is 67.5 cm³/mol. The molecule has 2 rings (SSSR count). The Labute approximate surface area is 99.7 Å². The van der Waals surface area contributed by atoms with E-state index in [1.807, 2.05) is 11.8 Å². The molecule has 0 aliphatic carbocycles. The van der Waals surface area contributed by atoms with Crippen molar-refractivity contribution in [2.75, 3.05) is 17.2 Å². The minimum Gasteiger partial charge on any atom is -0.508 e. The third-order valence-corrected chi connectivity index (χ3v) is 4.27. The average Bonchev–Trinajstić information content (AvgIpc) is 2.29. The highest BCUT2D eigenvalue weighted by Gasteiger charge is 2.24. The number of nitrogen functional groups attached to an aromatic ring is 1. The van der Waals surface area contributed by atoms with Gasteiger partial charge in [0.25, 0.3) is 0 Å². The first-order valence-corrected chi connectivity index (χ1v) is 6.68. The van der Waals surface area contributed by atoms with Crippen LogP contribution in [0.1, 0.15) is 24.5 Å². The highest BCUT2D eigenvalue weighted by molar-refractivity contribution is 7.99. The number of phenolic OH excluding ortho intramolecular Hbond substituents is 1. The smallest absolute Gasteiger partial charge is 0.117 e. The number of hydrogen-bond donors (Lipinski definition) is 3.